The molecule has 0 aliphatic heterocycles. The van der Waals surface area contributed by atoms with Crippen molar-refractivity contribution in [3.05, 3.63) is 64.4 Å². The smallest absolute Gasteiger partial charge is 0.191 e. The van der Waals surface area contributed by atoms with Gasteiger partial charge in [0.25, 0.3) is 0 Å². The SMILES string of the molecule is CN=C(NCc1ccccc1Cl)NCc1ncccc1C. The van der Waals surface area contributed by atoms with Crippen LogP contribution in [-0.4, -0.2) is 18.0 Å². The van der Waals surface area contributed by atoms with Crippen molar-refractivity contribution in [2.24, 2.45) is 4.99 Å². The van der Waals surface area contributed by atoms with E-state index < -0.39 is 0 Å². The Bertz CT molecular complexity index is 574. The molecule has 1 aromatic carbocycles. The number of aryl methyl sites for hydroxylation is 1. The van der Waals surface area contributed by atoms with E-state index >= 15 is 0 Å². The van der Waals surface area contributed by atoms with Gasteiger partial charge >= 0.3 is 0 Å². The third-order valence-corrected chi connectivity index (χ3v) is 3.54. The molecule has 0 spiro atoms. The van der Waals surface area contributed by atoms with Crippen LogP contribution in [0, 0.1) is 6.92 Å². The summed E-state index contributed by atoms with van der Waals surface area (Å²) in [7, 11) is 1.74. The summed E-state index contributed by atoms with van der Waals surface area (Å²) in [6.07, 6.45) is 1.80. The highest BCUT2D eigenvalue weighted by atomic mass is 35.5. The van der Waals surface area contributed by atoms with Gasteiger partial charge in [-0.15, -0.1) is 0 Å². The Morgan fingerprint density at radius 1 is 1.14 bits per heavy atom. The van der Waals surface area contributed by atoms with E-state index in [1.165, 1.54) is 0 Å². The Hall–Kier alpha value is -2.07. The Morgan fingerprint density at radius 3 is 2.62 bits per heavy atom. The van der Waals surface area contributed by atoms with Crippen molar-refractivity contribution in [2.75, 3.05) is 7.05 Å². The zero-order valence-corrected chi connectivity index (χ0v) is 13.0. The minimum absolute atomic E-state index is 0.626. The normalized spacial score (nSPS) is 11.3. The van der Waals surface area contributed by atoms with Crippen molar-refractivity contribution in [3.8, 4) is 0 Å². The molecule has 2 rings (SSSR count). The third-order valence-electron chi connectivity index (χ3n) is 3.17. The zero-order valence-electron chi connectivity index (χ0n) is 12.2. The predicted molar refractivity (Wildman–Crippen MR) is 87.5 cm³/mol. The number of aliphatic imine (C=N–C) groups is 1. The molecule has 0 unspecified atom stereocenters. The van der Waals surface area contributed by atoms with E-state index in [0.717, 1.165) is 27.8 Å². The molecule has 1 heterocycles. The van der Waals surface area contributed by atoms with Crippen LogP contribution in [0.3, 0.4) is 0 Å². The molecular weight excluding hydrogens is 284 g/mol. The molecule has 0 fully saturated rings. The van der Waals surface area contributed by atoms with Gasteiger partial charge in [-0.1, -0.05) is 35.9 Å². The average molecular weight is 303 g/mol. The molecule has 5 heteroatoms. The second-order valence-corrected chi connectivity index (χ2v) is 5.04. The molecule has 0 bridgehead atoms. The first-order chi connectivity index (χ1) is 10.2. The van der Waals surface area contributed by atoms with Crippen molar-refractivity contribution in [1.82, 2.24) is 15.6 Å². The molecule has 21 heavy (non-hydrogen) atoms. The van der Waals surface area contributed by atoms with Gasteiger partial charge in [-0.05, 0) is 30.2 Å². The first kappa shape index (κ1) is 15.3. The first-order valence-corrected chi connectivity index (χ1v) is 7.17. The van der Waals surface area contributed by atoms with Gasteiger partial charge in [0.1, 0.15) is 0 Å². The highest BCUT2D eigenvalue weighted by Gasteiger charge is 2.03. The van der Waals surface area contributed by atoms with E-state index in [9.17, 15) is 0 Å². The second kappa shape index (κ2) is 7.64. The summed E-state index contributed by atoms with van der Waals surface area (Å²) in [5, 5.41) is 7.24. The van der Waals surface area contributed by atoms with E-state index in [2.05, 4.69) is 20.6 Å². The van der Waals surface area contributed by atoms with Crippen molar-refractivity contribution in [2.45, 2.75) is 20.0 Å². The highest BCUT2D eigenvalue weighted by molar-refractivity contribution is 6.31. The molecule has 0 radical (unpaired) electrons. The zero-order chi connectivity index (χ0) is 15.1. The predicted octanol–water partition coefficient (Wildman–Crippen LogP) is 2.91. The summed E-state index contributed by atoms with van der Waals surface area (Å²) < 4.78 is 0. The third kappa shape index (κ3) is 4.46. The van der Waals surface area contributed by atoms with Crippen LogP contribution in [0.2, 0.25) is 5.02 Å². The van der Waals surface area contributed by atoms with Crippen molar-refractivity contribution in [3.63, 3.8) is 0 Å². The molecule has 0 saturated carbocycles. The molecule has 4 nitrogen and oxygen atoms in total. The van der Waals surface area contributed by atoms with Crippen LogP contribution >= 0.6 is 11.6 Å². The lowest BCUT2D eigenvalue weighted by Crippen LogP contribution is -2.36. The van der Waals surface area contributed by atoms with E-state index in [0.29, 0.717) is 13.1 Å². The lowest BCUT2D eigenvalue weighted by Gasteiger charge is -2.13. The lowest BCUT2D eigenvalue weighted by atomic mass is 10.2. The number of rotatable bonds is 4. The fourth-order valence-electron chi connectivity index (χ4n) is 1.91. The van der Waals surface area contributed by atoms with Crippen molar-refractivity contribution in [1.29, 1.82) is 0 Å². The first-order valence-electron chi connectivity index (χ1n) is 6.79. The number of nitrogens with one attached hydrogen (secondary N) is 2. The number of halogens is 1. The molecule has 0 amide bonds. The van der Waals surface area contributed by atoms with E-state index in [4.69, 9.17) is 11.6 Å². The van der Waals surface area contributed by atoms with Gasteiger partial charge in [0, 0.05) is 24.8 Å². The van der Waals surface area contributed by atoms with Crippen molar-refractivity contribution >= 4 is 17.6 Å². The van der Waals surface area contributed by atoms with Gasteiger partial charge in [-0.25, -0.2) is 0 Å². The van der Waals surface area contributed by atoms with E-state index in [1.54, 1.807) is 13.2 Å². The molecule has 2 N–H and O–H groups in total. The van der Waals surface area contributed by atoms with Gasteiger partial charge in [0.05, 0.1) is 12.2 Å². The van der Waals surface area contributed by atoms with E-state index in [1.807, 2.05) is 43.3 Å². The van der Waals surface area contributed by atoms with Gasteiger partial charge < -0.3 is 10.6 Å². The van der Waals surface area contributed by atoms with Gasteiger partial charge in [-0.3, -0.25) is 9.98 Å². The monoisotopic (exact) mass is 302 g/mol. The van der Waals surface area contributed by atoms with Crippen LogP contribution in [0.15, 0.2) is 47.6 Å². The minimum Gasteiger partial charge on any atom is -0.352 e. The van der Waals surface area contributed by atoms with Crippen LogP contribution in [0.4, 0.5) is 0 Å². The van der Waals surface area contributed by atoms with Crippen LogP contribution < -0.4 is 10.6 Å². The minimum atomic E-state index is 0.626. The number of pyridine rings is 1. The van der Waals surface area contributed by atoms with Crippen molar-refractivity contribution < 1.29 is 0 Å². The summed E-state index contributed by atoms with van der Waals surface area (Å²) in [6, 6.07) is 11.7. The fourth-order valence-corrected chi connectivity index (χ4v) is 2.11. The molecule has 0 aliphatic rings. The van der Waals surface area contributed by atoms with Gasteiger partial charge in [-0.2, -0.15) is 0 Å². The molecular formula is C16H19ClN4. The van der Waals surface area contributed by atoms with E-state index in [-0.39, 0.29) is 0 Å². The number of aromatic nitrogens is 1. The van der Waals surface area contributed by atoms with Gasteiger partial charge in [0.15, 0.2) is 5.96 Å². The summed E-state index contributed by atoms with van der Waals surface area (Å²) in [5.41, 5.74) is 3.21. The maximum atomic E-state index is 6.13. The Kier molecular flexibility index (Phi) is 5.58. The Labute approximate surface area is 130 Å². The van der Waals surface area contributed by atoms with Crippen LogP contribution in [0.1, 0.15) is 16.8 Å². The highest BCUT2D eigenvalue weighted by Crippen LogP contribution is 2.14. The number of nitrogens with zero attached hydrogens (tertiary/aromatic N) is 2. The van der Waals surface area contributed by atoms with Gasteiger partial charge in [0.2, 0.25) is 0 Å². The lowest BCUT2D eigenvalue weighted by molar-refractivity contribution is 0.790. The quantitative estimate of drug-likeness (QED) is 0.674. The molecule has 0 saturated heterocycles. The number of guanidine groups is 1. The topological polar surface area (TPSA) is 49.3 Å². The number of benzene rings is 1. The molecule has 0 atom stereocenters. The standard InChI is InChI=1S/C16H19ClN4/c1-12-6-5-9-19-15(12)11-21-16(18-2)20-10-13-7-3-4-8-14(13)17/h3-9H,10-11H2,1-2H3,(H2,18,20,21). The van der Waals surface area contributed by atoms with Crippen LogP contribution in [0.25, 0.3) is 0 Å². The Balaban J connectivity index is 1.90. The number of hydrogen-bond donors (Lipinski definition) is 2. The van der Waals surface area contributed by atoms with Crippen LogP contribution in [-0.2, 0) is 13.1 Å². The summed E-state index contributed by atoms with van der Waals surface area (Å²) in [4.78, 5) is 8.55. The molecule has 0 aliphatic carbocycles. The maximum absolute atomic E-state index is 6.13. The summed E-state index contributed by atoms with van der Waals surface area (Å²) in [5.74, 6) is 0.722. The van der Waals surface area contributed by atoms with Crippen LogP contribution in [0.5, 0.6) is 0 Å². The fraction of sp³-hybridized carbons (Fsp3) is 0.250. The maximum Gasteiger partial charge on any atom is 0.191 e. The summed E-state index contributed by atoms with van der Waals surface area (Å²) >= 11 is 6.13. The molecule has 110 valence electrons. The second-order valence-electron chi connectivity index (χ2n) is 4.64. The largest absolute Gasteiger partial charge is 0.352 e. The Morgan fingerprint density at radius 2 is 1.90 bits per heavy atom. The molecule has 1 aromatic heterocycles. The number of hydrogen-bond acceptors (Lipinski definition) is 2. The summed E-state index contributed by atoms with van der Waals surface area (Å²) in [6.45, 7) is 3.30. The average Bonchev–Trinajstić information content (AvgIpc) is 2.50. The molecule has 2 aromatic rings.